The van der Waals surface area contributed by atoms with Crippen LogP contribution in [0.3, 0.4) is 0 Å². The van der Waals surface area contributed by atoms with Crippen LogP contribution in [0.4, 0.5) is 11.4 Å². The Hall–Kier alpha value is -0.750. The highest BCUT2D eigenvalue weighted by atomic mass is 79.9. The van der Waals surface area contributed by atoms with Crippen molar-refractivity contribution in [2.24, 2.45) is 5.73 Å². The second-order valence-corrected chi connectivity index (χ2v) is 10.1. The van der Waals surface area contributed by atoms with Gasteiger partial charge in [0.1, 0.15) is 0 Å². The summed E-state index contributed by atoms with van der Waals surface area (Å²) in [4.78, 5) is 25.3. The van der Waals surface area contributed by atoms with Gasteiger partial charge in [-0.2, -0.15) is 0 Å². The van der Waals surface area contributed by atoms with Crippen LogP contribution in [0.25, 0.3) is 0 Å². The van der Waals surface area contributed by atoms with Crippen LogP contribution in [-0.2, 0) is 9.59 Å². The SMILES string of the molecule is CN[C@H]1CSc2c(Br)cccc2NC1=O.Cl.N[C@H]1CSc2c(Br)cccc2NC1=O. The molecule has 0 spiro atoms. The summed E-state index contributed by atoms with van der Waals surface area (Å²) in [6.45, 7) is 0. The molecule has 0 fully saturated rings. The first kappa shape index (κ1) is 25.5. The number of nitrogens with two attached hydrogens (primary N) is 1. The molecular formula is C19H21Br2ClN4O2S2. The van der Waals surface area contributed by atoms with Crippen molar-refractivity contribution >= 4 is 91.0 Å². The Morgan fingerprint density at radius 3 is 1.97 bits per heavy atom. The van der Waals surface area contributed by atoms with Crippen molar-refractivity contribution in [1.82, 2.24) is 5.32 Å². The fraction of sp³-hybridized carbons (Fsp3) is 0.263. The summed E-state index contributed by atoms with van der Waals surface area (Å²) in [7, 11) is 1.80. The maximum Gasteiger partial charge on any atom is 0.242 e. The monoisotopic (exact) mass is 594 g/mol. The summed E-state index contributed by atoms with van der Waals surface area (Å²) in [5.74, 6) is 1.27. The van der Waals surface area contributed by atoms with Crippen molar-refractivity contribution in [2.75, 3.05) is 29.2 Å². The number of carbonyl (C=O) groups is 2. The molecule has 0 saturated carbocycles. The fourth-order valence-corrected chi connectivity index (χ4v) is 6.19. The van der Waals surface area contributed by atoms with Gasteiger partial charge in [0, 0.05) is 30.2 Å². The Morgan fingerprint density at radius 2 is 1.43 bits per heavy atom. The third kappa shape index (κ3) is 6.15. The number of anilines is 2. The molecule has 6 nitrogen and oxygen atoms in total. The van der Waals surface area contributed by atoms with E-state index in [-0.39, 0.29) is 30.3 Å². The van der Waals surface area contributed by atoms with Gasteiger partial charge in [0.25, 0.3) is 0 Å². The van der Waals surface area contributed by atoms with Crippen molar-refractivity contribution < 1.29 is 9.59 Å². The molecule has 2 aromatic carbocycles. The molecule has 2 atom stereocenters. The van der Waals surface area contributed by atoms with Crippen molar-refractivity contribution in [3.05, 3.63) is 45.3 Å². The highest BCUT2D eigenvalue weighted by Gasteiger charge is 2.23. The van der Waals surface area contributed by atoms with E-state index in [2.05, 4.69) is 47.8 Å². The van der Waals surface area contributed by atoms with Crippen LogP contribution in [0.1, 0.15) is 0 Å². The zero-order valence-corrected chi connectivity index (χ0v) is 21.5. The van der Waals surface area contributed by atoms with E-state index in [1.165, 1.54) is 0 Å². The number of hydrogen-bond donors (Lipinski definition) is 4. The molecule has 2 heterocycles. The first-order chi connectivity index (χ1) is 13.9. The second kappa shape index (κ2) is 11.8. The van der Waals surface area contributed by atoms with Crippen LogP contribution < -0.4 is 21.7 Å². The van der Waals surface area contributed by atoms with Gasteiger partial charge in [-0.15, -0.1) is 35.9 Å². The van der Waals surface area contributed by atoms with Gasteiger partial charge in [-0.05, 0) is 63.2 Å². The minimum absolute atomic E-state index is 0. The Bertz CT molecular complexity index is 935. The molecule has 0 saturated heterocycles. The molecule has 0 radical (unpaired) electrons. The minimum atomic E-state index is -0.431. The minimum Gasteiger partial charge on any atom is -0.324 e. The van der Waals surface area contributed by atoms with Crippen molar-refractivity contribution in [1.29, 1.82) is 0 Å². The molecule has 5 N–H and O–H groups in total. The topological polar surface area (TPSA) is 96.2 Å². The van der Waals surface area contributed by atoms with E-state index < -0.39 is 6.04 Å². The summed E-state index contributed by atoms with van der Waals surface area (Å²) in [5.41, 5.74) is 7.38. The number of benzene rings is 2. The first-order valence-electron chi connectivity index (χ1n) is 8.78. The van der Waals surface area contributed by atoms with Gasteiger partial charge < -0.3 is 21.7 Å². The van der Waals surface area contributed by atoms with E-state index in [0.29, 0.717) is 5.75 Å². The fourth-order valence-electron chi connectivity index (χ4n) is 2.66. The normalized spacial score (nSPS) is 20.0. The van der Waals surface area contributed by atoms with Gasteiger partial charge in [0.2, 0.25) is 11.8 Å². The van der Waals surface area contributed by atoms with E-state index >= 15 is 0 Å². The number of halogens is 3. The van der Waals surface area contributed by atoms with E-state index in [9.17, 15) is 9.59 Å². The van der Waals surface area contributed by atoms with Crippen LogP contribution in [0.15, 0.2) is 55.1 Å². The Labute approximate surface area is 206 Å². The lowest BCUT2D eigenvalue weighted by molar-refractivity contribution is -0.118. The maximum atomic E-state index is 11.7. The number of hydrogen-bond acceptors (Lipinski definition) is 6. The van der Waals surface area contributed by atoms with Gasteiger partial charge in [0.15, 0.2) is 0 Å². The zero-order chi connectivity index (χ0) is 21.0. The average molecular weight is 597 g/mol. The van der Waals surface area contributed by atoms with Gasteiger partial charge in [-0.3, -0.25) is 9.59 Å². The summed E-state index contributed by atoms with van der Waals surface area (Å²) in [6, 6.07) is 11.0. The molecule has 0 aliphatic carbocycles. The predicted octanol–water partition coefficient (Wildman–Crippen LogP) is 4.32. The number of fused-ring (bicyclic) bond motifs is 2. The highest BCUT2D eigenvalue weighted by molar-refractivity contribution is 9.10. The molecule has 2 aliphatic rings. The van der Waals surface area contributed by atoms with E-state index in [4.69, 9.17) is 5.73 Å². The Kier molecular flexibility index (Phi) is 9.99. The quantitative estimate of drug-likeness (QED) is 0.392. The molecule has 0 bridgehead atoms. The van der Waals surface area contributed by atoms with Crippen LogP contribution >= 0.6 is 67.8 Å². The molecule has 0 aromatic heterocycles. The molecule has 30 heavy (non-hydrogen) atoms. The summed E-state index contributed by atoms with van der Waals surface area (Å²) in [5, 5.41) is 8.71. The molecule has 2 amide bonds. The molecule has 0 unspecified atom stereocenters. The van der Waals surface area contributed by atoms with Crippen LogP contribution in [0.2, 0.25) is 0 Å². The Morgan fingerprint density at radius 1 is 0.933 bits per heavy atom. The number of nitrogens with one attached hydrogen (secondary N) is 3. The molecule has 162 valence electrons. The lowest BCUT2D eigenvalue weighted by atomic mass is 10.3. The van der Waals surface area contributed by atoms with E-state index in [0.717, 1.165) is 35.9 Å². The summed E-state index contributed by atoms with van der Waals surface area (Å²) >= 11 is 10.2. The summed E-state index contributed by atoms with van der Waals surface area (Å²) in [6.07, 6.45) is 0. The molecule has 4 rings (SSSR count). The van der Waals surface area contributed by atoms with Crippen LogP contribution in [0.5, 0.6) is 0 Å². The van der Waals surface area contributed by atoms with Crippen LogP contribution in [0, 0.1) is 0 Å². The van der Waals surface area contributed by atoms with Gasteiger partial charge in [-0.25, -0.2) is 0 Å². The van der Waals surface area contributed by atoms with Gasteiger partial charge in [0.05, 0.1) is 23.5 Å². The largest absolute Gasteiger partial charge is 0.324 e. The standard InChI is InChI=1S/C10H11BrN2OS.C9H9BrN2OS.ClH/c1-12-8-5-15-9-6(11)3-2-4-7(9)13-10(8)14;10-5-2-1-3-7-8(5)14-4-6(11)9(13)12-7;/h2-4,8,12H,5H2,1H3,(H,13,14);1-3,6H,4,11H2,(H,12,13);1H/t8-;6-;/m00./s1. The Balaban J connectivity index is 0.000000207. The molecule has 2 aliphatic heterocycles. The predicted molar refractivity (Wildman–Crippen MR) is 135 cm³/mol. The van der Waals surface area contributed by atoms with Crippen molar-refractivity contribution in [2.45, 2.75) is 21.9 Å². The number of rotatable bonds is 1. The highest BCUT2D eigenvalue weighted by Crippen LogP contribution is 2.37. The number of amides is 2. The smallest absolute Gasteiger partial charge is 0.242 e. The van der Waals surface area contributed by atoms with Gasteiger partial charge in [-0.1, -0.05) is 12.1 Å². The van der Waals surface area contributed by atoms with Crippen molar-refractivity contribution in [3.8, 4) is 0 Å². The van der Waals surface area contributed by atoms with E-state index in [1.54, 1.807) is 30.6 Å². The lowest BCUT2D eigenvalue weighted by Gasteiger charge is -2.10. The number of likely N-dealkylation sites (N-methyl/N-ethyl adjacent to an activating group) is 1. The summed E-state index contributed by atoms with van der Waals surface area (Å²) < 4.78 is 2.02. The number of thioether (sulfide) groups is 2. The molecule has 2 aromatic rings. The second-order valence-electron chi connectivity index (χ2n) is 6.28. The van der Waals surface area contributed by atoms with E-state index in [1.807, 2.05) is 36.4 Å². The zero-order valence-electron chi connectivity index (χ0n) is 15.9. The van der Waals surface area contributed by atoms with Gasteiger partial charge >= 0.3 is 0 Å². The molecular weight excluding hydrogens is 576 g/mol. The number of carbonyl (C=O) groups excluding carboxylic acids is 2. The first-order valence-corrected chi connectivity index (χ1v) is 12.3. The lowest BCUT2D eigenvalue weighted by Crippen LogP contribution is -2.39. The van der Waals surface area contributed by atoms with Crippen LogP contribution in [-0.4, -0.2) is 42.5 Å². The third-order valence-corrected chi connectivity index (χ3v) is 8.58. The molecule has 11 heteroatoms. The maximum absolute atomic E-state index is 11.7. The third-order valence-electron chi connectivity index (χ3n) is 4.25. The average Bonchev–Trinajstić information content (AvgIpc) is 2.95. The van der Waals surface area contributed by atoms with Crippen molar-refractivity contribution in [3.63, 3.8) is 0 Å².